The predicted octanol–water partition coefficient (Wildman–Crippen LogP) is 4.21. The van der Waals surface area contributed by atoms with E-state index in [4.69, 9.17) is 5.73 Å². The van der Waals surface area contributed by atoms with Gasteiger partial charge in [0.1, 0.15) is 0 Å². The molecular formula is C18H26ClF3N2O. The molecule has 1 fully saturated rings. The molecule has 0 bridgehead atoms. The SMILES string of the molecule is CC(CC(=O)N1CCC(N)C(C)(C)C1)c1ccccc1C(F)(F)F.Cl. The number of likely N-dealkylation sites (tertiary alicyclic amines) is 1. The van der Waals surface area contributed by atoms with E-state index in [1.807, 2.05) is 13.8 Å². The van der Waals surface area contributed by atoms with E-state index in [0.717, 1.165) is 6.07 Å². The summed E-state index contributed by atoms with van der Waals surface area (Å²) in [6, 6.07) is 5.50. The van der Waals surface area contributed by atoms with Gasteiger partial charge in [0.15, 0.2) is 0 Å². The van der Waals surface area contributed by atoms with E-state index < -0.39 is 17.7 Å². The van der Waals surface area contributed by atoms with Crippen molar-refractivity contribution < 1.29 is 18.0 Å². The van der Waals surface area contributed by atoms with E-state index in [9.17, 15) is 18.0 Å². The van der Waals surface area contributed by atoms with Gasteiger partial charge in [-0.3, -0.25) is 4.79 Å². The minimum Gasteiger partial charge on any atom is -0.342 e. The van der Waals surface area contributed by atoms with Crippen LogP contribution in [0.4, 0.5) is 13.2 Å². The first-order chi connectivity index (χ1) is 11.0. The van der Waals surface area contributed by atoms with E-state index in [1.165, 1.54) is 12.1 Å². The molecule has 1 amide bonds. The largest absolute Gasteiger partial charge is 0.416 e. The van der Waals surface area contributed by atoms with Crippen LogP contribution in [0.1, 0.15) is 50.7 Å². The summed E-state index contributed by atoms with van der Waals surface area (Å²) in [5, 5.41) is 0. The first-order valence-corrected chi connectivity index (χ1v) is 8.22. The summed E-state index contributed by atoms with van der Waals surface area (Å²) in [4.78, 5) is 14.3. The number of piperidine rings is 1. The van der Waals surface area contributed by atoms with Crippen molar-refractivity contribution >= 4 is 18.3 Å². The number of amides is 1. The van der Waals surface area contributed by atoms with Crippen molar-refractivity contribution in [3.63, 3.8) is 0 Å². The van der Waals surface area contributed by atoms with Crippen LogP contribution in [0.5, 0.6) is 0 Å². The summed E-state index contributed by atoms with van der Waals surface area (Å²) < 4.78 is 39.4. The molecule has 0 aromatic heterocycles. The second kappa shape index (κ2) is 7.96. The Balaban J connectivity index is 0.00000312. The maximum absolute atomic E-state index is 13.1. The summed E-state index contributed by atoms with van der Waals surface area (Å²) in [5.41, 5.74) is 5.40. The second-order valence-corrected chi connectivity index (χ2v) is 7.39. The van der Waals surface area contributed by atoms with Gasteiger partial charge < -0.3 is 10.6 Å². The average Bonchev–Trinajstić information content (AvgIpc) is 2.49. The molecule has 7 heteroatoms. The summed E-state index contributed by atoms with van der Waals surface area (Å²) in [6.45, 7) is 6.81. The highest BCUT2D eigenvalue weighted by atomic mass is 35.5. The van der Waals surface area contributed by atoms with Gasteiger partial charge in [0.05, 0.1) is 5.56 Å². The molecule has 1 heterocycles. The molecule has 0 spiro atoms. The van der Waals surface area contributed by atoms with Gasteiger partial charge in [-0.05, 0) is 29.4 Å². The third-order valence-corrected chi connectivity index (χ3v) is 4.94. The van der Waals surface area contributed by atoms with Crippen LogP contribution in [0.2, 0.25) is 0 Å². The number of carbonyl (C=O) groups excluding carboxylic acids is 1. The summed E-state index contributed by atoms with van der Waals surface area (Å²) >= 11 is 0. The Morgan fingerprint density at radius 2 is 1.96 bits per heavy atom. The maximum atomic E-state index is 13.1. The Morgan fingerprint density at radius 3 is 2.52 bits per heavy atom. The lowest BCUT2D eigenvalue weighted by Crippen LogP contribution is -2.54. The zero-order chi connectivity index (χ0) is 18.1. The standard InChI is InChI=1S/C18H25F3N2O.ClH/c1-12(13-6-4-5-7-14(13)18(19,20)21)10-16(24)23-9-8-15(22)17(2,3)11-23;/h4-7,12,15H,8-11,22H2,1-3H3;1H. The summed E-state index contributed by atoms with van der Waals surface area (Å²) in [7, 11) is 0. The van der Waals surface area contributed by atoms with Crippen molar-refractivity contribution in [3.05, 3.63) is 35.4 Å². The van der Waals surface area contributed by atoms with Gasteiger partial charge in [0.2, 0.25) is 5.91 Å². The molecule has 1 saturated heterocycles. The zero-order valence-electron chi connectivity index (χ0n) is 14.8. The minimum atomic E-state index is -4.41. The fourth-order valence-electron chi connectivity index (χ4n) is 3.27. The fraction of sp³-hybridized carbons (Fsp3) is 0.611. The van der Waals surface area contributed by atoms with Gasteiger partial charge in [0.25, 0.3) is 0 Å². The first kappa shape index (κ1) is 21.8. The lowest BCUT2D eigenvalue weighted by molar-refractivity contribution is -0.139. The van der Waals surface area contributed by atoms with Crippen molar-refractivity contribution in [3.8, 4) is 0 Å². The Morgan fingerprint density at radius 1 is 1.36 bits per heavy atom. The highest BCUT2D eigenvalue weighted by Gasteiger charge is 2.37. The molecular weight excluding hydrogens is 353 g/mol. The molecule has 0 radical (unpaired) electrons. The van der Waals surface area contributed by atoms with Crippen molar-refractivity contribution in [1.29, 1.82) is 0 Å². The summed E-state index contributed by atoms with van der Waals surface area (Å²) in [6.07, 6.45) is -3.63. The second-order valence-electron chi connectivity index (χ2n) is 7.39. The Hall–Kier alpha value is -1.27. The number of halogens is 4. The number of nitrogens with zero attached hydrogens (tertiary/aromatic N) is 1. The van der Waals surface area contributed by atoms with Crippen LogP contribution in [0.3, 0.4) is 0 Å². The van der Waals surface area contributed by atoms with Gasteiger partial charge >= 0.3 is 6.18 Å². The van der Waals surface area contributed by atoms with Crippen LogP contribution in [-0.4, -0.2) is 29.9 Å². The number of carbonyl (C=O) groups is 1. The number of hydrogen-bond acceptors (Lipinski definition) is 2. The van der Waals surface area contributed by atoms with Crippen LogP contribution < -0.4 is 5.73 Å². The number of nitrogens with two attached hydrogens (primary N) is 1. The first-order valence-electron chi connectivity index (χ1n) is 8.22. The van der Waals surface area contributed by atoms with Crippen LogP contribution in [0.25, 0.3) is 0 Å². The topological polar surface area (TPSA) is 46.3 Å². The Bertz CT molecular complexity index is 604. The van der Waals surface area contributed by atoms with Crippen molar-refractivity contribution in [2.45, 2.75) is 51.7 Å². The van der Waals surface area contributed by atoms with E-state index in [-0.39, 0.29) is 41.8 Å². The van der Waals surface area contributed by atoms with Gasteiger partial charge in [0, 0.05) is 25.6 Å². The Labute approximate surface area is 153 Å². The molecule has 0 aliphatic carbocycles. The predicted molar refractivity (Wildman–Crippen MR) is 94.7 cm³/mol. The van der Waals surface area contributed by atoms with E-state index in [0.29, 0.717) is 19.5 Å². The van der Waals surface area contributed by atoms with Crippen LogP contribution in [0, 0.1) is 5.41 Å². The molecule has 1 aromatic carbocycles. The number of hydrogen-bond donors (Lipinski definition) is 1. The average molecular weight is 379 g/mol. The van der Waals surface area contributed by atoms with Crippen molar-refractivity contribution in [1.82, 2.24) is 4.90 Å². The molecule has 2 atom stereocenters. The van der Waals surface area contributed by atoms with Crippen molar-refractivity contribution in [2.24, 2.45) is 11.1 Å². The highest BCUT2D eigenvalue weighted by molar-refractivity contribution is 5.85. The number of rotatable bonds is 3. The van der Waals surface area contributed by atoms with Crippen molar-refractivity contribution in [2.75, 3.05) is 13.1 Å². The lowest BCUT2D eigenvalue weighted by atomic mass is 9.79. The number of benzene rings is 1. The molecule has 2 unspecified atom stereocenters. The van der Waals surface area contributed by atoms with Crippen LogP contribution in [0.15, 0.2) is 24.3 Å². The third kappa shape index (κ3) is 5.11. The smallest absolute Gasteiger partial charge is 0.342 e. The highest BCUT2D eigenvalue weighted by Crippen LogP contribution is 2.36. The third-order valence-electron chi connectivity index (χ3n) is 4.94. The fourth-order valence-corrected chi connectivity index (χ4v) is 3.27. The van der Waals surface area contributed by atoms with Gasteiger partial charge in [-0.25, -0.2) is 0 Å². The quantitative estimate of drug-likeness (QED) is 0.856. The molecule has 1 aliphatic heterocycles. The molecule has 25 heavy (non-hydrogen) atoms. The molecule has 0 saturated carbocycles. The molecule has 2 N–H and O–H groups in total. The minimum absolute atomic E-state index is 0. The van der Waals surface area contributed by atoms with E-state index >= 15 is 0 Å². The van der Waals surface area contributed by atoms with Gasteiger partial charge in [-0.15, -0.1) is 12.4 Å². The monoisotopic (exact) mass is 378 g/mol. The number of alkyl halides is 3. The molecule has 1 aliphatic rings. The maximum Gasteiger partial charge on any atom is 0.416 e. The van der Waals surface area contributed by atoms with E-state index in [1.54, 1.807) is 17.9 Å². The van der Waals surface area contributed by atoms with Crippen LogP contribution >= 0.6 is 12.4 Å². The molecule has 2 rings (SSSR count). The molecule has 1 aromatic rings. The van der Waals surface area contributed by atoms with Gasteiger partial charge in [-0.2, -0.15) is 13.2 Å². The zero-order valence-corrected chi connectivity index (χ0v) is 15.6. The summed E-state index contributed by atoms with van der Waals surface area (Å²) in [5.74, 6) is -0.603. The normalized spacial score (nSPS) is 21.4. The lowest BCUT2D eigenvalue weighted by Gasteiger charge is -2.43. The van der Waals surface area contributed by atoms with E-state index in [2.05, 4.69) is 0 Å². The molecule has 142 valence electrons. The van der Waals surface area contributed by atoms with Gasteiger partial charge in [-0.1, -0.05) is 39.0 Å². The Kier molecular flexibility index (Phi) is 6.93. The molecule has 3 nitrogen and oxygen atoms in total. The van der Waals surface area contributed by atoms with Crippen LogP contribution in [-0.2, 0) is 11.0 Å².